The Kier molecular flexibility index (Phi) is 8.08. The van der Waals surface area contributed by atoms with E-state index in [1.165, 1.54) is 83.1 Å². The highest BCUT2D eigenvalue weighted by Gasteiger charge is 2.87. The molecule has 11 heteroatoms. The van der Waals surface area contributed by atoms with Crippen molar-refractivity contribution in [3.05, 3.63) is 0 Å². The lowest BCUT2D eigenvalue weighted by molar-refractivity contribution is -0.456. The number of halogens is 1. The van der Waals surface area contributed by atoms with Crippen LogP contribution >= 0.6 is 0 Å². The molecule has 2 unspecified atom stereocenters. The molecule has 1 saturated heterocycles. The van der Waals surface area contributed by atoms with E-state index in [1.54, 1.807) is 0 Å². The third kappa shape index (κ3) is 4.83. The standard InChI is InChI=1S/C26H43FO10/c1-19(2,3)14(29)13(28)15-23(33,16(30)20(4,5)6)24(34,17(31)21(7,8)9)25(35,26(27,36)37-15)18(32)22(10,11)12/h13,15,28,33-36H,1-12H3/t13?,15-,23+,24+,25-,26?/m1/s1. The quantitative estimate of drug-likeness (QED) is 0.342. The van der Waals surface area contributed by atoms with Crippen molar-refractivity contribution < 1.29 is 53.8 Å². The number of ether oxygens (including phenoxy) is 1. The van der Waals surface area contributed by atoms with Crippen molar-refractivity contribution in [3.8, 4) is 0 Å². The molecule has 0 aromatic rings. The van der Waals surface area contributed by atoms with Gasteiger partial charge < -0.3 is 30.3 Å². The molecule has 0 aromatic carbocycles. The van der Waals surface area contributed by atoms with E-state index in [0.29, 0.717) is 0 Å². The summed E-state index contributed by atoms with van der Waals surface area (Å²) in [5.74, 6) is -5.91. The lowest BCUT2D eigenvalue weighted by atomic mass is 9.52. The lowest BCUT2D eigenvalue weighted by Gasteiger charge is -2.61. The van der Waals surface area contributed by atoms with E-state index in [0.717, 1.165) is 0 Å². The molecule has 214 valence electrons. The van der Waals surface area contributed by atoms with E-state index in [2.05, 4.69) is 0 Å². The lowest BCUT2D eigenvalue weighted by Crippen LogP contribution is -2.92. The van der Waals surface area contributed by atoms with Crippen molar-refractivity contribution in [2.75, 3.05) is 0 Å². The minimum absolute atomic E-state index is 1.12. The normalized spacial score (nSPS) is 34.6. The predicted molar refractivity (Wildman–Crippen MR) is 130 cm³/mol. The summed E-state index contributed by atoms with van der Waals surface area (Å²) in [6.45, 7) is 14.8. The number of aliphatic hydroxyl groups is 5. The fraction of sp³-hybridized carbons (Fsp3) is 0.846. The van der Waals surface area contributed by atoms with Gasteiger partial charge in [0.1, 0.15) is 12.2 Å². The molecule has 0 saturated carbocycles. The highest BCUT2D eigenvalue weighted by molar-refractivity contribution is 6.11. The molecule has 0 bridgehead atoms. The summed E-state index contributed by atoms with van der Waals surface area (Å²) >= 11 is 0. The Bertz CT molecular complexity index is 975. The minimum Gasteiger partial charge on any atom is -0.382 e. The maximum absolute atomic E-state index is 16.1. The number of ketones is 4. The van der Waals surface area contributed by atoms with Gasteiger partial charge in [-0.3, -0.25) is 19.2 Å². The van der Waals surface area contributed by atoms with Gasteiger partial charge in [-0.2, -0.15) is 4.39 Å². The van der Waals surface area contributed by atoms with Crippen molar-refractivity contribution >= 4 is 23.1 Å². The zero-order chi connectivity index (χ0) is 30.2. The fourth-order valence-electron chi connectivity index (χ4n) is 4.51. The van der Waals surface area contributed by atoms with Crippen LogP contribution < -0.4 is 0 Å². The number of rotatable bonds is 5. The average molecular weight is 535 g/mol. The third-order valence-electron chi connectivity index (χ3n) is 6.56. The summed E-state index contributed by atoms with van der Waals surface area (Å²) in [5, 5.41) is 57.7. The van der Waals surface area contributed by atoms with Crippen LogP contribution in [0.5, 0.6) is 0 Å². The monoisotopic (exact) mass is 534 g/mol. The van der Waals surface area contributed by atoms with Gasteiger partial charge >= 0.3 is 6.04 Å². The molecule has 6 atom stereocenters. The maximum atomic E-state index is 16.1. The molecule has 0 aliphatic carbocycles. The van der Waals surface area contributed by atoms with Gasteiger partial charge in [-0.25, -0.2) is 0 Å². The van der Waals surface area contributed by atoms with Crippen LogP contribution in [0.15, 0.2) is 0 Å². The Morgan fingerprint density at radius 2 is 0.973 bits per heavy atom. The predicted octanol–water partition coefficient (Wildman–Crippen LogP) is 1.02. The summed E-state index contributed by atoms with van der Waals surface area (Å²) in [4.78, 5) is 54.3. The van der Waals surface area contributed by atoms with Crippen LogP contribution in [0.1, 0.15) is 83.1 Å². The Morgan fingerprint density at radius 1 is 0.649 bits per heavy atom. The van der Waals surface area contributed by atoms with Gasteiger partial charge in [-0.1, -0.05) is 83.1 Å². The molecule has 1 rings (SSSR count). The molecular weight excluding hydrogens is 491 g/mol. The number of carbonyl (C=O) groups is 4. The van der Waals surface area contributed by atoms with E-state index in [1.807, 2.05) is 0 Å². The van der Waals surface area contributed by atoms with Crippen LogP contribution in [0, 0.1) is 21.7 Å². The van der Waals surface area contributed by atoms with Crippen LogP contribution in [0.25, 0.3) is 0 Å². The van der Waals surface area contributed by atoms with Gasteiger partial charge in [-0.05, 0) is 0 Å². The molecule has 1 aliphatic heterocycles. The van der Waals surface area contributed by atoms with Crippen molar-refractivity contribution in [2.24, 2.45) is 21.7 Å². The molecule has 0 aromatic heterocycles. The second kappa shape index (κ2) is 8.96. The topological polar surface area (TPSA) is 179 Å². The summed E-state index contributed by atoms with van der Waals surface area (Å²) in [7, 11) is 0. The number of Topliss-reactive ketones (excluding diaryl/α,β-unsaturated/α-hetero) is 4. The molecule has 0 spiro atoms. The zero-order valence-electron chi connectivity index (χ0n) is 23.8. The van der Waals surface area contributed by atoms with Gasteiger partial charge in [0, 0.05) is 21.7 Å². The number of aliphatic hydroxyl groups excluding tert-OH is 1. The number of alkyl halides is 1. The van der Waals surface area contributed by atoms with E-state index in [4.69, 9.17) is 4.74 Å². The van der Waals surface area contributed by atoms with Crippen LogP contribution in [0.2, 0.25) is 0 Å². The average Bonchev–Trinajstić information content (AvgIpc) is 2.69. The molecule has 1 fully saturated rings. The number of hydrogen-bond acceptors (Lipinski definition) is 10. The second-order valence-electron chi connectivity index (χ2n) is 14.1. The van der Waals surface area contributed by atoms with E-state index in [9.17, 15) is 44.7 Å². The zero-order valence-corrected chi connectivity index (χ0v) is 23.8. The molecule has 0 amide bonds. The first-order valence-electron chi connectivity index (χ1n) is 12.0. The minimum atomic E-state index is -4.67. The Labute approximate surface area is 217 Å². The Balaban J connectivity index is 4.47. The first-order valence-corrected chi connectivity index (χ1v) is 12.0. The van der Waals surface area contributed by atoms with E-state index >= 15 is 4.39 Å². The van der Waals surface area contributed by atoms with Gasteiger partial charge in [0.15, 0.2) is 28.7 Å². The Morgan fingerprint density at radius 3 is 1.27 bits per heavy atom. The number of carbonyl (C=O) groups excluding carboxylic acids is 4. The van der Waals surface area contributed by atoms with Crippen LogP contribution in [0.3, 0.4) is 0 Å². The van der Waals surface area contributed by atoms with Gasteiger partial charge in [-0.15, -0.1) is 0 Å². The number of hydrogen-bond donors (Lipinski definition) is 5. The smallest absolute Gasteiger partial charge is 0.359 e. The first-order chi connectivity index (χ1) is 15.9. The molecule has 5 N–H and O–H groups in total. The largest absolute Gasteiger partial charge is 0.382 e. The summed E-state index contributed by atoms with van der Waals surface area (Å²) in [6.07, 6.45) is -5.43. The summed E-state index contributed by atoms with van der Waals surface area (Å²) in [6, 6.07) is -4.67. The van der Waals surface area contributed by atoms with Gasteiger partial charge in [0.25, 0.3) is 0 Å². The third-order valence-corrected chi connectivity index (χ3v) is 6.56. The Hall–Kier alpha value is -1.63. The van der Waals surface area contributed by atoms with Gasteiger partial charge in [0.05, 0.1) is 0 Å². The summed E-state index contributed by atoms with van der Waals surface area (Å²) < 4.78 is 21.0. The van der Waals surface area contributed by atoms with Crippen LogP contribution in [-0.4, -0.2) is 83.7 Å². The van der Waals surface area contributed by atoms with Crippen molar-refractivity contribution in [2.45, 2.75) is 118 Å². The molecule has 37 heavy (non-hydrogen) atoms. The first kappa shape index (κ1) is 33.4. The SMILES string of the molecule is CC(C)(C)C(=O)C(O)[C@H]1OC(O)(F)[C@@](O)(C(=O)C(C)(C)C)[C@](O)(C(=O)C(C)(C)C)[C@@]1(O)C(=O)C(C)(C)C. The second-order valence-corrected chi connectivity index (χ2v) is 14.1. The van der Waals surface area contributed by atoms with Crippen molar-refractivity contribution in [1.82, 2.24) is 0 Å². The molecule has 10 nitrogen and oxygen atoms in total. The highest BCUT2D eigenvalue weighted by Crippen LogP contribution is 2.56. The van der Waals surface area contributed by atoms with Crippen LogP contribution in [0.4, 0.5) is 4.39 Å². The summed E-state index contributed by atoms with van der Waals surface area (Å²) in [5.41, 5.74) is -18.9. The maximum Gasteiger partial charge on any atom is 0.359 e. The van der Waals surface area contributed by atoms with E-state index < -0.39 is 79.8 Å². The van der Waals surface area contributed by atoms with Crippen LogP contribution in [-0.2, 0) is 23.9 Å². The van der Waals surface area contributed by atoms with E-state index in [-0.39, 0.29) is 0 Å². The van der Waals surface area contributed by atoms with Crippen molar-refractivity contribution in [3.63, 3.8) is 0 Å². The molecule has 1 aliphatic rings. The van der Waals surface area contributed by atoms with Gasteiger partial charge in [0.2, 0.25) is 11.2 Å². The fourth-order valence-corrected chi connectivity index (χ4v) is 4.51. The molecular formula is C26H43FO10. The van der Waals surface area contributed by atoms with Crippen molar-refractivity contribution in [1.29, 1.82) is 0 Å². The molecule has 1 heterocycles. The highest BCUT2D eigenvalue weighted by atomic mass is 19.2. The molecule has 0 radical (unpaired) electrons.